The van der Waals surface area contributed by atoms with Crippen molar-refractivity contribution < 1.29 is 24.2 Å². The molecule has 0 fully saturated rings. The molecule has 2 amide bonds. The second kappa shape index (κ2) is 11.0. The molecule has 0 saturated carbocycles. The number of ether oxygens (including phenoxy) is 1. The van der Waals surface area contributed by atoms with Gasteiger partial charge in [-0.2, -0.15) is 0 Å². The van der Waals surface area contributed by atoms with Gasteiger partial charge < -0.3 is 20.5 Å². The van der Waals surface area contributed by atoms with Gasteiger partial charge in [0.2, 0.25) is 5.91 Å². The Hall–Kier alpha value is -3.61. The van der Waals surface area contributed by atoms with Crippen molar-refractivity contribution in [3.8, 4) is 11.1 Å². The number of hydrogen-bond acceptors (Lipinski definition) is 4. The summed E-state index contributed by atoms with van der Waals surface area (Å²) in [4.78, 5) is 35.4. The molecule has 3 rings (SSSR count). The van der Waals surface area contributed by atoms with Gasteiger partial charge >= 0.3 is 12.1 Å². The topological polar surface area (TPSA) is 105 Å². The van der Waals surface area contributed by atoms with Crippen LogP contribution in [0.15, 0.2) is 60.7 Å². The second-order valence-corrected chi connectivity index (χ2v) is 9.68. The minimum Gasteiger partial charge on any atom is -0.481 e. The average molecular weight is 465 g/mol. The van der Waals surface area contributed by atoms with E-state index in [9.17, 15) is 14.4 Å². The van der Waals surface area contributed by atoms with Gasteiger partial charge in [0.05, 0.1) is 6.42 Å². The summed E-state index contributed by atoms with van der Waals surface area (Å²) in [5, 5.41) is 14.4. The molecule has 1 atom stereocenters. The number of carboxylic acids is 1. The lowest BCUT2D eigenvalue weighted by Crippen LogP contribution is -2.38. The zero-order valence-electron chi connectivity index (χ0n) is 19.8. The molecule has 0 heterocycles. The highest BCUT2D eigenvalue weighted by Gasteiger charge is 2.29. The normalized spacial score (nSPS) is 13.7. The standard InChI is InChI=1S/C27H32N2O5/c1-27(2,3)16-18(15-25(31)32)29-24(30)13-8-14-28-26(33)34-17-23-21-11-6-4-9-19(21)20-10-5-7-12-22(20)23/h4-13,18,23H,14-17H2,1-3H3,(H,28,33)(H,29,30)(H,31,32)/b13-8+. The predicted octanol–water partition coefficient (Wildman–Crippen LogP) is 4.48. The van der Waals surface area contributed by atoms with Gasteiger partial charge in [0.1, 0.15) is 6.61 Å². The van der Waals surface area contributed by atoms with Crippen LogP contribution in [0.1, 0.15) is 50.7 Å². The summed E-state index contributed by atoms with van der Waals surface area (Å²) in [5.41, 5.74) is 4.48. The number of carboxylic acid groups (broad SMARTS) is 1. The Morgan fingerprint density at radius 2 is 1.62 bits per heavy atom. The number of benzene rings is 2. The minimum atomic E-state index is -0.963. The Labute approximate surface area is 200 Å². The van der Waals surface area contributed by atoms with Crippen LogP contribution >= 0.6 is 0 Å². The van der Waals surface area contributed by atoms with E-state index < -0.39 is 24.0 Å². The summed E-state index contributed by atoms with van der Waals surface area (Å²) in [5.74, 6) is -1.38. The molecule has 34 heavy (non-hydrogen) atoms. The van der Waals surface area contributed by atoms with Crippen LogP contribution in [-0.2, 0) is 14.3 Å². The van der Waals surface area contributed by atoms with Crippen LogP contribution in [0.25, 0.3) is 11.1 Å². The molecule has 0 aromatic heterocycles. The van der Waals surface area contributed by atoms with Crippen molar-refractivity contribution in [3.63, 3.8) is 0 Å². The van der Waals surface area contributed by atoms with E-state index >= 15 is 0 Å². The largest absolute Gasteiger partial charge is 0.481 e. The number of fused-ring (bicyclic) bond motifs is 3. The van der Waals surface area contributed by atoms with Gasteiger partial charge in [-0.15, -0.1) is 0 Å². The number of carbonyl (C=O) groups excluding carboxylic acids is 2. The van der Waals surface area contributed by atoms with E-state index in [2.05, 4.69) is 34.9 Å². The number of aliphatic carboxylic acids is 1. The fourth-order valence-corrected chi connectivity index (χ4v) is 4.33. The molecule has 0 aliphatic heterocycles. The first-order chi connectivity index (χ1) is 16.1. The highest BCUT2D eigenvalue weighted by molar-refractivity contribution is 5.88. The van der Waals surface area contributed by atoms with Crippen molar-refractivity contribution >= 4 is 18.0 Å². The third-order valence-corrected chi connectivity index (χ3v) is 5.60. The van der Waals surface area contributed by atoms with Crippen molar-refractivity contribution in [1.82, 2.24) is 10.6 Å². The van der Waals surface area contributed by atoms with E-state index in [1.54, 1.807) is 0 Å². The Morgan fingerprint density at radius 3 is 2.18 bits per heavy atom. The Balaban J connectivity index is 1.47. The molecule has 1 aliphatic rings. The summed E-state index contributed by atoms with van der Waals surface area (Å²) >= 11 is 0. The van der Waals surface area contributed by atoms with Gasteiger partial charge in [0.15, 0.2) is 0 Å². The fourth-order valence-electron chi connectivity index (χ4n) is 4.33. The van der Waals surface area contributed by atoms with Crippen LogP contribution in [0.4, 0.5) is 4.79 Å². The maximum absolute atomic E-state index is 12.2. The van der Waals surface area contributed by atoms with Crippen molar-refractivity contribution in [2.24, 2.45) is 5.41 Å². The first kappa shape index (κ1) is 25.0. The summed E-state index contributed by atoms with van der Waals surface area (Å²) in [6.07, 6.45) is 2.63. The molecule has 0 saturated heterocycles. The van der Waals surface area contributed by atoms with E-state index in [4.69, 9.17) is 9.84 Å². The molecular formula is C27H32N2O5. The minimum absolute atomic E-state index is 0.0199. The van der Waals surface area contributed by atoms with Crippen LogP contribution in [0.3, 0.4) is 0 Å². The van der Waals surface area contributed by atoms with Crippen molar-refractivity contribution in [2.75, 3.05) is 13.2 Å². The number of carbonyl (C=O) groups is 3. The van der Waals surface area contributed by atoms with Crippen molar-refractivity contribution in [3.05, 3.63) is 71.8 Å². The van der Waals surface area contributed by atoms with Crippen molar-refractivity contribution in [2.45, 2.75) is 45.6 Å². The third-order valence-electron chi connectivity index (χ3n) is 5.60. The number of amides is 2. The Morgan fingerprint density at radius 1 is 1.03 bits per heavy atom. The highest BCUT2D eigenvalue weighted by Crippen LogP contribution is 2.44. The van der Waals surface area contributed by atoms with Gasteiger partial charge in [0, 0.05) is 24.6 Å². The molecule has 7 nitrogen and oxygen atoms in total. The lowest BCUT2D eigenvalue weighted by molar-refractivity contribution is -0.137. The molecule has 1 aliphatic carbocycles. The van der Waals surface area contributed by atoms with Gasteiger partial charge in [-0.1, -0.05) is 75.4 Å². The van der Waals surface area contributed by atoms with Crippen LogP contribution in [0, 0.1) is 5.41 Å². The molecule has 2 aromatic carbocycles. The highest BCUT2D eigenvalue weighted by atomic mass is 16.5. The average Bonchev–Trinajstić information content (AvgIpc) is 3.07. The summed E-state index contributed by atoms with van der Waals surface area (Å²) < 4.78 is 5.46. The molecule has 180 valence electrons. The summed E-state index contributed by atoms with van der Waals surface area (Å²) in [7, 11) is 0. The van der Waals surface area contributed by atoms with E-state index in [0.717, 1.165) is 22.3 Å². The maximum atomic E-state index is 12.2. The monoisotopic (exact) mass is 464 g/mol. The molecule has 3 N–H and O–H groups in total. The van der Waals surface area contributed by atoms with E-state index in [0.29, 0.717) is 6.42 Å². The van der Waals surface area contributed by atoms with Crippen LogP contribution in [0.2, 0.25) is 0 Å². The number of alkyl carbamates (subject to hydrolysis) is 1. The zero-order chi connectivity index (χ0) is 24.7. The lowest BCUT2D eigenvalue weighted by Gasteiger charge is -2.25. The Kier molecular flexibility index (Phi) is 8.10. The van der Waals surface area contributed by atoms with Crippen LogP contribution in [0.5, 0.6) is 0 Å². The van der Waals surface area contributed by atoms with E-state index in [-0.39, 0.29) is 30.9 Å². The van der Waals surface area contributed by atoms with Crippen LogP contribution < -0.4 is 10.6 Å². The Bertz CT molecular complexity index is 1030. The smallest absolute Gasteiger partial charge is 0.407 e. The quantitative estimate of drug-likeness (QED) is 0.475. The number of hydrogen-bond donors (Lipinski definition) is 3. The number of nitrogens with one attached hydrogen (secondary N) is 2. The summed E-state index contributed by atoms with van der Waals surface area (Å²) in [6, 6.07) is 15.8. The summed E-state index contributed by atoms with van der Waals surface area (Å²) in [6.45, 7) is 6.30. The molecule has 0 bridgehead atoms. The van der Waals surface area contributed by atoms with Gasteiger partial charge in [-0.05, 0) is 34.1 Å². The molecule has 2 aromatic rings. The fraction of sp³-hybridized carbons (Fsp3) is 0.370. The SMILES string of the molecule is CC(C)(C)CC(CC(=O)O)NC(=O)/C=C/CNC(=O)OCC1c2ccccc2-c2ccccc21. The molecule has 1 unspecified atom stereocenters. The van der Waals surface area contributed by atoms with Crippen LogP contribution in [-0.4, -0.2) is 42.3 Å². The molecule has 7 heteroatoms. The predicted molar refractivity (Wildman–Crippen MR) is 130 cm³/mol. The van der Waals surface area contributed by atoms with Gasteiger partial charge in [-0.3, -0.25) is 9.59 Å². The maximum Gasteiger partial charge on any atom is 0.407 e. The second-order valence-electron chi connectivity index (χ2n) is 9.68. The van der Waals surface area contributed by atoms with E-state index in [1.807, 2.05) is 45.0 Å². The first-order valence-corrected chi connectivity index (χ1v) is 11.4. The third kappa shape index (κ3) is 6.94. The molecule has 0 radical (unpaired) electrons. The van der Waals surface area contributed by atoms with Gasteiger partial charge in [0.25, 0.3) is 0 Å². The van der Waals surface area contributed by atoms with Crippen molar-refractivity contribution in [1.29, 1.82) is 0 Å². The number of rotatable bonds is 9. The first-order valence-electron chi connectivity index (χ1n) is 11.4. The van der Waals surface area contributed by atoms with Gasteiger partial charge in [-0.25, -0.2) is 4.79 Å². The molecule has 0 spiro atoms. The lowest BCUT2D eigenvalue weighted by atomic mass is 9.87. The zero-order valence-corrected chi connectivity index (χ0v) is 19.8. The molecular weight excluding hydrogens is 432 g/mol. The van der Waals surface area contributed by atoms with E-state index in [1.165, 1.54) is 12.2 Å².